The van der Waals surface area contributed by atoms with Crippen molar-refractivity contribution in [1.82, 2.24) is 4.98 Å². The minimum absolute atomic E-state index is 0.0907. The van der Waals surface area contributed by atoms with Crippen molar-refractivity contribution < 1.29 is 4.74 Å². The summed E-state index contributed by atoms with van der Waals surface area (Å²) < 4.78 is 6.05. The van der Waals surface area contributed by atoms with Crippen molar-refractivity contribution >= 4 is 0 Å². The van der Waals surface area contributed by atoms with Gasteiger partial charge in [0, 0.05) is 30.3 Å². The van der Waals surface area contributed by atoms with Crippen LogP contribution < -0.4 is 0 Å². The van der Waals surface area contributed by atoms with Gasteiger partial charge < -0.3 is 4.74 Å². The summed E-state index contributed by atoms with van der Waals surface area (Å²) >= 11 is 0. The van der Waals surface area contributed by atoms with E-state index in [4.69, 9.17) is 4.74 Å². The predicted octanol–water partition coefficient (Wildman–Crippen LogP) is 3.13. The third-order valence-electron chi connectivity index (χ3n) is 4.42. The Balaban J connectivity index is 1.95. The Labute approximate surface area is 113 Å². The van der Waals surface area contributed by atoms with E-state index in [0.29, 0.717) is 6.42 Å². The van der Waals surface area contributed by atoms with E-state index in [9.17, 15) is 5.26 Å². The largest absolute Gasteiger partial charge is 0.374 e. The number of rotatable bonds is 2. The van der Waals surface area contributed by atoms with E-state index in [0.717, 1.165) is 38.0 Å². The molecule has 0 saturated carbocycles. The summed E-state index contributed by atoms with van der Waals surface area (Å²) in [5.41, 5.74) is 0.818. The molecule has 1 aromatic heterocycles. The number of ether oxygens (including phenoxy) is 1. The van der Waals surface area contributed by atoms with Gasteiger partial charge in [0.25, 0.3) is 0 Å². The standard InChI is InChI=1S/C16H18N2O/c17-10-8-15(14-5-1-4-11-18-14)9-12-19-16(13-15)6-2-3-7-16/h1-5,11H,6-9,12-13H2. The minimum atomic E-state index is -0.139. The van der Waals surface area contributed by atoms with Crippen molar-refractivity contribution in [3.63, 3.8) is 0 Å². The van der Waals surface area contributed by atoms with Gasteiger partial charge in [-0.1, -0.05) is 18.2 Å². The van der Waals surface area contributed by atoms with Crippen molar-refractivity contribution in [2.75, 3.05) is 6.61 Å². The van der Waals surface area contributed by atoms with Crippen LogP contribution in [0.5, 0.6) is 0 Å². The Morgan fingerprint density at radius 2 is 2.16 bits per heavy atom. The molecular weight excluding hydrogens is 236 g/mol. The summed E-state index contributed by atoms with van der Waals surface area (Å²) in [6.07, 6.45) is 10.5. The van der Waals surface area contributed by atoms with E-state index in [1.165, 1.54) is 0 Å². The molecule has 3 nitrogen and oxygen atoms in total. The first-order valence-corrected chi connectivity index (χ1v) is 6.86. The maximum absolute atomic E-state index is 9.24. The van der Waals surface area contributed by atoms with Gasteiger partial charge in [-0.25, -0.2) is 0 Å². The summed E-state index contributed by atoms with van der Waals surface area (Å²) in [4.78, 5) is 4.52. The molecule has 1 aliphatic heterocycles. The van der Waals surface area contributed by atoms with Crippen LogP contribution in [0, 0.1) is 11.3 Å². The fraction of sp³-hybridized carbons (Fsp3) is 0.500. The molecule has 2 aliphatic rings. The predicted molar refractivity (Wildman–Crippen MR) is 72.4 cm³/mol. The van der Waals surface area contributed by atoms with Gasteiger partial charge in [-0.05, 0) is 37.8 Å². The first-order chi connectivity index (χ1) is 9.29. The maximum atomic E-state index is 9.24. The van der Waals surface area contributed by atoms with Crippen LogP contribution >= 0.6 is 0 Å². The van der Waals surface area contributed by atoms with Crippen molar-refractivity contribution in [1.29, 1.82) is 5.26 Å². The molecule has 0 aromatic carbocycles. The summed E-state index contributed by atoms with van der Waals surface area (Å²) in [6.45, 7) is 0.722. The fourth-order valence-corrected chi connectivity index (χ4v) is 3.45. The normalized spacial score (nSPS) is 28.4. The number of hydrogen-bond acceptors (Lipinski definition) is 3. The minimum Gasteiger partial charge on any atom is -0.374 e. The summed E-state index contributed by atoms with van der Waals surface area (Å²) in [5.74, 6) is 0. The molecule has 0 bridgehead atoms. The van der Waals surface area contributed by atoms with Crippen LogP contribution in [0.15, 0.2) is 36.5 Å². The van der Waals surface area contributed by atoms with Crippen molar-refractivity contribution in [2.24, 2.45) is 0 Å². The van der Waals surface area contributed by atoms with Crippen LogP contribution in [0.1, 0.15) is 37.8 Å². The van der Waals surface area contributed by atoms with Crippen molar-refractivity contribution in [3.8, 4) is 6.07 Å². The fourth-order valence-electron chi connectivity index (χ4n) is 3.45. The van der Waals surface area contributed by atoms with Crippen LogP contribution in [0.4, 0.5) is 0 Å². The van der Waals surface area contributed by atoms with Crippen molar-refractivity contribution in [2.45, 2.75) is 43.1 Å². The molecule has 98 valence electrons. The molecule has 1 unspecified atom stereocenters. The zero-order chi connectivity index (χ0) is 13.2. The highest BCUT2D eigenvalue weighted by molar-refractivity contribution is 5.23. The Hall–Kier alpha value is -1.66. The van der Waals surface area contributed by atoms with Crippen LogP contribution in [0.3, 0.4) is 0 Å². The average molecular weight is 254 g/mol. The highest BCUT2D eigenvalue weighted by Gasteiger charge is 2.47. The third-order valence-corrected chi connectivity index (χ3v) is 4.42. The second-order valence-electron chi connectivity index (χ2n) is 5.67. The Bertz CT molecular complexity index is 509. The van der Waals surface area contributed by atoms with Gasteiger partial charge in [-0.15, -0.1) is 0 Å². The lowest BCUT2D eigenvalue weighted by molar-refractivity contribution is -0.0983. The van der Waals surface area contributed by atoms with Crippen LogP contribution in [0.2, 0.25) is 0 Å². The first kappa shape index (κ1) is 12.4. The highest BCUT2D eigenvalue weighted by atomic mass is 16.5. The SMILES string of the molecule is N#CCC1(c2ccccn2)CCOC2(CC=CC2)C1. The number of nitrogens with zero attached hydrogens (tertiary/aromatic N) is 2. The molecule has 2 heterocycles. The zero-order valence-corrected chi connectivity index (χ0v) is 11.0. The molecule has 0 amide bonds. The van der Waals surface area contributed by atoms with E-state index in [1.54, 1.807) is 0 Å². The topological polar surface area (TPSA) is 45.9 Å². The van der Waals surface area contributed by atoms with E-state index in [1.807, 2.05) is 18.3 Å². The molecule has 1 atom stereocenters. The van der Waals surface area contributed by atoms with Crippen LogP contribution in [0.25, 0.3) is 0 Å². The van der Waals surface area contributed by atoms with E-state index in [2.05, 4.69) is 29.3 Å². The molecule has 1 aliphatic carbocycles. The van der Waals surface area contributed by atoms with Gasteiger partial charge in [0.2, 0.25) is 0 Å². The monoisotopic (exact) mass is 254 g/mol. The number of pyridine rings is 1. The van der Waals surface area contributed by atoms with Gasteiger partial charge in [-0.2, -0.15) is 5.26 Å². The third kappa shape index (κ3) is 2.17. The summed E-state index contributed by atoms with van der Waals surface area (Å²) in [6, 6.07) is 8.36. The molecule has 1 aromatic rings. The smallest absolute Gasteiger partial charge is 0.0760 e. The van der Waals surface area contributed by atoms with Crippen molar-refractivity contribution in [3.05, 3.63) is 42.2 Å². The molecule has 0 N–H and O–H groups in total. The second-order valence-corrected chi connectivity index (χ2v) is 5.67. The lowest BCUT2D eigenvalue weighted by atomic mass is 9.68. The Morgan fingerprint density at radius 1 is 1.32 bits per heavy atom. The van der Waals surface area contributed by atoms with Gasteiger partial charge in [-0.3, -0.25) is 4.98 Å². The average Bonchev–Trinajstić information content (AvgIpc) is 2.88. The lowest BCUT2D eigenvalue weighted by Gasteiger charge is -2.45. The van der Waals surface area contributed by atoms with E-state index in [-0.39, 0.29) is 11.0 Å². The molecule has 1 spiro atoms. The molecule has 1 fully saturated rings. The summed E-state index contributed by atoms with van der Waals surface area (Å²) in [7, 11) is 0. The highest BCUT2D eigenvalue weighted by Crippen LogP contribution is 2.47. The van der Waals surface area contributed by atoms with Gasteiger partial charge in [0.05, 0.1) is 11.7 Å². The molecule has 19 heavy (non-hydrogen) atoms. The van der Waals surface area contributed by atoms with E-state index >= 15 is 0 Å². The first-order valence-electron chi connectivity index (χ1n) is 6.86. The van der Waals surface area contributed by atoms with E-state index < -0.39 is 0 Å². The molecule has 1 saturated heterocycles. The molecule has 0 radical (unpaired) electrons. The number of aromatic nitrogens is 1. The van der Waals surface area contributed by atoms with Crippen LogP contribution in [-0.2, 0) is 10.2 Å². The second kappa shape index (κ2) is 4.79. The number of hydrogen-bond donors (Lipinski definition) is 0. The lowest BCUT2D eigenvalue weighted by Crippen LogP contribution is -2.46. The Morgan fingerprint density at radius 3 is 2.84 bits per heavy atom. The zero-order valence-electron chi connectivity index (χ0n) is 11.0. The Kier molecular flexibility index (Phi) is 3.12. The molecule has 3 heteroatoms. The van der Waals surface area contributed by atoms with Crippen LogP contribution in [-0.4, -0.2) is 17.2 Å². The van der Waals surface area contributed by atoms with Gasteiger partial charge in [0.1, 0.15) is 0 Å². The quantitative estimate of drug-likeness (QED) is 0.762. The molecule has 3 rings (SSSR count). The molecular formula is C16H18N2O. The number of nitriles is 1. The van der Waals surface area contributed by atoms with Gasteiger partial charge in [0.15, 0.2) is 0 Å². The maximum Gasteiger partial charge on any atom is 0.0760 e. The summed E-state index contributed by atoms with van der Waals surface area (Å²) in [5, 5.41) is 9.24. The van der Waals surface area contributed by atoms with Gasteiger partial charge >= 0.3 is 0 Å².